The lowest BCUT2D eigenvalue weighted by Gasteiger charge is -2.46. The summed E-state index contributed by atoms with van der Waals surface area (Å²) < 4.78 is 77.9. The third kappa shape index (κ3) is 5.82. The van der Waals surface area contributed by atoms with Crippen LogP contribution in [0, 0.1) is 22.7 Å². The van der Waals surface area contributed by atoms with Gasteiger partial charge in [0, 0.05) is 6.42 Å². The molecule has 0 radical (unpaired) electrons. The van der Waals surface area contributed by atoms with Crippen LogP contribution in [0.15, 0.2) is 36.0 Å². The normalized spacial score (nSPS) is 32.5. The van der Waals surface area contributed by atoms with Gasteiger partial charge in [0.1, 0.15) is 0 Å². The highest BCUT2D eigenvalue weighted by molar-refractivity contribution is 5.37. The second kappa shape index (κ2) is 10.2. The SMILES string of the molecule is C=C1C(=C/C=C/[C@@H]2CC[C@](C)([C@@H](C)CCCC(O)(C(F)(F)F)C(F)(F)F)C2(C)C)C[C@@H](O)C[C@@H]1O. The van der Waals surface area contributed by atoms with Crippen molar-refractivity contribution in [2.75, 3.05) is 0 Å². The van der Waals surface area contributed by atoms with Gasteiger partial charge in [-0.15, -0.1) is 0 Å². The minimum Gasteiger partial charge on any atom is -0.393 e. The van der Waals surface area contributed by atoms with Crippen LogP contribution in [0.3, 0.4) is 0 Å². The van der Waals surface area contributed by atoms with Crippen LogP contribution in [0.2, 0.25) is 0 Å². The lowest BCUT2D eigenvalue weighted by molar-refractivity contribution is -0.370. The molecule has 2 fully saturated rings. The van der Waals surface area contributed by atoms with Gasteiger partial charge in [0.2, 0.25) is 0 Å². The van der Waals surface area contributed by atoms with Gasteiger partial charge in [-0.05, 0) is 65.9 Å². The van der Waals surface area contributed by atoms with Gasteiger partial charge in [0.15, 0.2) is 0 Å². The molecule has 5 atom stereocenters. The molecule has 0 bridgehead atoms. The van der Waals surface area contributed by atoms with Crippen molar-refractivity contribution in [2.24, 2.45) is 22.7 Å². The number of hydrogen-bond donors (Lipinski definition) is 3. The number of hydrogen-bond acceptors (Lipinski definition) is 3. The summed E-state index contributed by atoms with van der Waals surface area (Å²) in [6.45, 7) is 11.9. The van der Waals surface area contributed by atoms with Gasteiger partial charge < -0.3 is 15.3 Å². The van der Waals surface area contributed by atoms with E-state index < -0.39 is 43.0 Å². The molecule has 35 heavy (non-hydrogen) atoms. The van der Waals surface area contributed by atoms with Crippen LogP contribution in [0.25, 0.3) is 0 Å². The molecule has 2 aliphatic carbocycles. The number of alkyl halides is 6. The zero-order chi connectivity index (χ0) is 27.0. The number of aliphatic hydroxyl groups is 3. The van der Waals surface area contributed by atoms with E-state index in [0.717, 1.165) is 18.4 Å². The Labute approximate surface area is 203 Å². The van der Waals surface area contributed by atoms with E-state index >= 15 is 0 Å². The van der Waals surface area contributed by atoms with E-state index in [9.17, 15) is 41.7 Å². The summed E-state index contributed by atoms with van der Waals surface area (Å²) in [4.78, 5) is 0. The van der Waals surface area contributed by atoms with Crippen molar-refractivity contribution < 1.29 is 41.7 Å². The molecule has 0 aliphatic heterocycles. The molecule has 0 aromatic heterocycles. The van der Waals surface area contributed by atoms with Crippen LogP contribution in [0.5, 0.6) is 0 Å². The Kier molecular flexibility index (Phi) is 8.72. The summed E-state index contributed by atoms with van der Waals surface area (Å²) >= 11 is 0. The van der Waals surface area contributed by atoms with Crippen LogP contribution in [0.4, 0.5) is 26.3 Å². The zero-order valence-corrected chi connectivity index (χ0v) is 20.8. The molecular formula is C26H38F6O3. The molecule has 2 rings (SSSR count). The smallest absolute Gasteiger partial charge is 0.393 e. The maximum Gasteiger partial charge on any atom is 0.426 e. The third-order valence-corrected chi connectivity index (χ3v) is 8.98. The highest BCUT2D eigenvalue weighted by atomic mass is 19.4. The standard InChI is InChI=1S/C26H38F6O3/c1-16(8-7-12-24(35,25(27,28)29)26(30,31)32)23(5)13-11-19(22(23,3)4)10-6-9-18-14-20(33)15-21(34)17(18)2/h6,9-10,16,19-21,33-35H,2,7-8,11-15H2,1,3-5H3/b10-6+,18-9?/t16-,19+,20+,21-,23+/m0/s1. The van der Waals surface area contributed by atoms with Crippen molar-refractivity contribution in [3.63, 3.8) is 0 Å². The highest BCUT2D eigenvalue weighted by Gasteiger charge is 2.69. The van der Waals surface area contributed by atoms with E-state index in [2.05, 4.69) is 20.4 Å². The number of aliphatic hydroxyl groups excluding tert-OH is 2. The van der Waals surface area contributed by atoms with Gasteiger partial charge in [-0.2, -0.15) is 26.3 Å². The molecule has 0 heterocycles. The predicted octanol–water partition coefficient (Wildman–Crippen LogP) is 6.65. The Hall–Kier alpha value is -1.32. The molecule has 9 heteroatoms. The Morgan fingerprint density at radius 1 is 1.09 bits per heavy atom. The molecule has 3 nitrogen and oxygen atoms in total. The lowest BCUT2D eigenvalue weighted by Crippen LogP contribution is -2.56. The minimum atomic E-state index is -5.79. The second-order valence-corrected chi connectivity index (χ2v) is 11.1. The Bertz CT molecular complexity index is 812. The summed E-state index contributed by atoms with van der Waals surface area (Å²) in [6, 6.07) is 0. The molecule has 3 N–H and O–H groups in total. The lowest BCUT2D eigenvalue weighted by atomic mass is 9.59. The van der Waals surface area contributed by atoms with Gasteiger partial charge in [0.25, 0.3) is 5.60 Å². The average Bonchev–Trinajstić information content (AvgIpc) is 2.93. The van der Waals surface area contributed by atoms with E-state index in [1.807, 2.05) is 32.1 Å². The number of rotatable bonds is 7. The van der Waals surface area contributed by atoms with Gasteiger partial charge in [-0.1, -0.05) is 58.9 Å². The average molecular weight is 513 g/mol. The summed E-state index contributed by atoms with van der Waals surface area (Å²) in [6.07, 6.45) is -6.68. The maximum absolute atomic E-state index is 13.0. The topological polar surface area (TPSA) is 60.7 Å². The summed E-state index contributed by atoms with van der Waals surface area (Å²) in [5, 5.41) is 29.3. The first-order valence-electron chi connectivity index (χ1n) is 12.1. The summed E-state index contributed by atoms with van der Waals surface area (Å²) in [5.41, 5.74) is -3.95. The molecule has 0 saturated heterocycles. The number of allylic oxidation sites excluding steroid dienone is 3. The molecule has 202 valence electrons. The fourth-order valence-corrected chi connectivity index (χ4v) is 5.77. The third-order valence-electron chi connectivity index (χ3n) is 8.98. The van der Waals surface area contributed by atoms with Crippen molar-refractivity contribution in [1.82, 2.24) is 0 Å². The van der Waals surface area contributed by atoms with Crippen LogP contribution >= 0.6 is 0 Å². The van der Waals surface area contributed by atoms with Gasteiger partial charge in [-0.25, -0.2) is 0 Å². The highest BCUT2D eigenvalue weighted by Crippen LogP contribution is 2.61. The molecule has 2 aliphatic rings. The molecule has 0 amide bonds. The van der Waals surface area contributed by atoms with Crippen LogP contribution < -0.4 is 0 Å². The quantitative estimate of drug-likeness (QED) is 0.335. The van der Waals surface area contributed by atoms with E-state index in [1.165, 1.54) is 0 Å². The molecule has 0 aromatic carbocycles. The first kappa shape index (κ1) is 29.9. The summed E-state index contributed by atoms with van der Waals surface area (Å²) in [7, 11) is 0. The van der Waals surface area contributed by atoms with E-state index in [4.69, 9.17) is 0 Å². The van der Waals surface area contributed by atoms with Crippen molar-refractivity contribution in [1.29, 1.82) is 0 Å². The van der Waals surface area contributed by atoms with Crippen molar-refractivity contribution in [2.45, 2.75) is 103 Å². The molecule has 2 saturated carbocycles. The number of halogens is 6. The predicted molar refractivity (Wildman–Crippen MR) is 122 cm³/mol. The van der Waals surface area contributed by atoms with E-state index in [1.54, 1.807) is 0 Å². The fraction of sp³-hybridized carbons (Fsp3) is 0.769. The fourth-order valence-electron chi connectivity index (χ4n) is 5.77. The van der Waals surface area contributed by atoms with Gasteiger partial charge >= 0.3 is 12.4 Å². The van der Waals surface area contributed by atoms with Crippen molar-refractivity contribution in [3.8, 4) is 0 Å². The largest absolute Gasteiger partial charge is 0.426 e. The summed E-state index contributed by atoms with van der Waals surface area (Å²) in [5.74, 6) is -0.0378. The molecule has 0 unspecified atom stereocenters. The Morgan fingerprint density at radius 3 is 2.20 bits per heavy atom. The van der Waals surface area contributed by atoms with Gasteiger partial charge in [-0.3, -0.25) is 0 Å². The van der Waals surface area contributed by atoms with Crippen LogP contribution in [0.1, 0.15) is 72.6 Å². The van der Waals surface area contributed by atoms with Crippen LogP contribution in [-0.4, -0.2) is 45.5 Å². The van der Waals surface area contributed by atoms with E-state index in [-0.39, 0.29) is 35.5 Å². The van der Waals surface area contributed by atoms with E-state index in [0.29, 0.717) is 12.0 Å². The van der Waals surface area contributed by atoms with Crippen molar-refractivity contribution >= 4 is 0 Å². The van der Waals surface area contributed by atoms with Crippen LogP contribution in [-0.2, 0) is 0 Å². The van der Waals surface area contributed by atoms with Crippen molar-refractivity contribution in [3.05, 3.63) is 36.0 Å². The second-order valence-electron chi connectivity index (χ2n) is 11.1. The molecule has 0 aromatic rings. The van der Waals surface area contributed by atoms with Gasteiger partial charge in [0.05, 0.1) is 12.2 Å². The Balaban J connectivity index is 2.08. The first-order chi connectivity index (χ1) is 15.8. The molecule has 0 spiro atoms. The Morgan fingerprint density at radius 2 is 1.66 bits per heavy atom. The maximum atomic E-state index is 13.0. The minimum absolute atomic E-state index is 0.126. The molecular weight excluding hydrogens is 474 g/mol. The zero-order valence-electron chi connectivity index (χ0n) is 20.8. The first-order valence-corrected chi connectivity index (χ1v) is 12.1. The monoisotopic (exact) mass is 512 g/mol.